The first-order valence-corrected chi connectivity index (χ1v) is 8.62. The molecule has 0 bridgehead atoms. The largest absolute Gasteiger partial charge is 0.490 e. The molecule has 1 unspecified atom stereocenters. The normalized spacial score (nSPS) is 25.2. The summed E-state index contributed by atoms with van der Waals surface area (Å²) in [5, 5.41) is 3.42. The number of hydrogen-bond donors (Lipinski definition) is 1. The molecule has 0 aliphatic carbocycles. The first-order chi connectivity index (χ1) is 9.42. The van der Waals surface area contributed by atoms with Crippen molar-refractivity contribution in [2.45, 2.75) is 37.7 Å². The molecule has 0 saturated carbocycles. The SMILES string of the molecule is c1cc(C2CCNCC2)ccc1OC1CCCSC1. The van der Waals surface area contributed by atoms with Crippen LogP contribution in [-0.2, 0) is 0 Å². The lowest BCUT2D eigenvalue weighted by atomic mass is 9.90. The van der Waals surface area contributed by atoms with Gasteiger partial charge in [0.05, 0.1) is 0 Å². The van der Waals surface area contributed by atoms with Crippen molar-refractivity contribution >= 4 is 11.8 Å². The number of hydrogen-bond acceptors (Lipinski definition) is 3. The molecule has 104 valence electrons. The Labute approximate surface area is 120 Å². The third-order valence-electron chi connectivity index (χ3n) is 4.11. The fourth-order valence-electron chi connectivity index (χ4n) is 2.97. The smallest absolute Gasteiger partial charge is 0.119 e. The van der Waals surface area contributed by atoms with Crippen LogP contribution >= 0.6 is 11.8 Å². The van der Waals surface area contributed by atoms with Crippen molar-refractivity contribution in [2.75, 3.05) is 24.6 Å². The Kier molecular flexibility index (Phi) is 4.67. The molecule has 2 fully saturated rings. The highest BCUT2D eigenvalue weighted by molar-refractivity contribution is 7.99. The highest BCUT2D eigenvalue weighted by Crippen LogP contribution is 2.28. The molecule has 3 rings (SSSR count). The van der Waals surface area contributed by atoms with Gasteiger partial charge in [-0.05, 0) is 68.1 Å². The molecule has 1 aromatic carbocycles. The van der Waals surface area contributed by atoms with Crippen molar-refractivity contribution < 1.29 is 4.74 Å². The van der Waals surface area contributed by atoms with E-state index in [2.05, 4.69) is 29.6 Å². The van der Waals surface area contributed by atoms with Gasteiger partial charge >= 0.3 is 0 Å². The number of thioether (sulfide) groups is 1. The molecule has 2 heterocycles. The van der Waals surface area contributed by atoms with Crippen molar-refractivity contribution in [1.29, 1.82) is 0 Å². The van der Waals surface area contributed by atoms with E-state index in [-0.39, 0.29) is 0 Å². The van der Waals surface area contributed by atoms with Gasteiger partial charge in [-0.1, -0.05) is 12.1 Å². The minimum absolute atomic E-state index is 0.420. The van der Waals surface area contributed by atoms with Crippen LogP contribution in [-0.4, -0.2) is 30.7 Å². The van der Waals surface area contributed by atoms with Gasteiger partial charge in [-0.25, -0.2) is 0 Å². The van der Waals surface area contributed by atoms with Crippen molar-refractivity contribution in [2.24, 2.45) is 0 Å². The van der Waals surface area contributed by atoms with Crippen LogP contribution in [0.15, 0.2) is 24.3 Å². The lowest BCUT2D eigenvalue weighted by Crippen LogP contribution is -2.26. The molecular weight excluding hydrogens is 254 g/mol. The van der Waals surface area contributed by atoms with E-state index < -0.39 is 0 Å². The van der Waals surface area contributed by atoms with Gasteiger partial charge in [0.25, 0.3) is 0 Å². The van der Waals surface area contributed by atoms with Gasteiger partial charge in [-0.3, -0.25) is 0 Å². The molecule has 0 aromatic heterocycles. The summed E-state index contributed by atoms with van der Waals surface area (Å²) in [4.78, 5) is 0. The third-order valence-corrected chi connectivity index (χ3v) is 5.30. The number of benzene rings is 1. The lowest BCUT2D eigenvalue weighted by Gasteiger charge is -2.24. The number of rotatable bonds is 3. The monoisotopic (exact) mass is 277 g/mol. The molecule has 2 aliphatic heterocycles. The van der Waals surface area contributed by atoms with E-state index in [1.54, 1.807) is 0 Å². The van der Waals surface area contributed by atoms with Crippen LogP contribution in [0.4, 0.5) is 0 Å². The summed E-state index contributed by atoms with van der Waals surface area (Å²) in [7, 11) is 0. The number of nitrogens with one attached hydrogen (secondary N) is 1. The average Bonchev–Trinajstić information content (AvgIpc) is 2.50. The molecule has 2 saturated heterocycles. The molecule has 2 nitrogen and oxygen atoms in total. The fraction of sp³-hybridized carbons (Fsp3) is 0.625. The van der Waals surface area contributed by atoms with Crippen molar-refractivity contribution in [1.82, 2.24) is 5.32 Å². The molecule has 2 aliphatic rings. The van der Waals surface area contributed by atoms with Crippen LogP contribution in [0.1, 0.15) is 37.2 Å². The van der Waals surface area contributed by atoms with E-state index >= 15 is 0 Å². The van der Waals surface area contributed by atoms with Gasteiger partial charge in [0.15, 0.2) is 0 Å². The molecule has 3 heteroatoms. The summed E-state index contributed by atoms with van der Waals surface area (Å²) in [6.07, 6.45) is 5.45. The summed E-state index contributed by atoms with van der Waals surface area (Å²) >= 11 is 2.02. The minimum Gasteiger partial charge on any atom is -0.490 e. The maximum absolute atomic E-state index is 6.06. The van der Waals surface area contributed by atoms with Gasteiger partial charge in [0, 0.05) is 5.75 Å². The Morgan fingerprint density at radius 1 is 1.05 bits per heavy atom. The second-order valence-electron chi connectivity index (χ2n) is 5.55. The maximum Gasteiger partial charge on any atom is 0.119 e. The molecule has 1 N–H and O–H groups in total. The van der Waals surface area contributed by atoms with Gasteiger partial charge in [-0.15, -0.1) is 0 Å². The highest BCUT2D eigenvalue weighted by Gasteiger charge is 2.17. The highest BCUT2D eigenvalue weighted by atomic mass is 32.2. The molecule has 1 atom stereocenters. The minimum atomic E-state index is 0.420. The molecule has 19 heavy (non-hydrogen) atoms. The zero-order valence-electron chi connectivity index (χ0n) is 11.4. The van der Waals surface area contributed by atoms with Crippen LogP contribution < -0.4 is 10.1 Å². The van der Waals surface area contributed by atoms with Gasteiger partial charge in [0.1, 0.15) is 11.9 Å². The lowest BCUT2D eigenvalue weighted by molar-refractivity contribution is 0.211. The van der Waals surface area contributed by atoms with Gasteiger partial charge < -0.3 is 10.1 Å². The zero-order chi connectivity index (χ0) is 12.9. The topological polar surface area (TPSA) is 21.3 Å². The Bertz CT molecular complexity index is 380. The summed E-state index contributed by atoms with van der Waals surface area (Å²) < 4.78 is 6.06. The van der Waals surface area contributed by atoms with E-state index in [0.717, 1.165) is 30.5 Å². The Balaban J connectivity index is 1.58. The van der Waals surface area contributed by atoms with E-state index in [1.807, 2.05) is 11.8 Å². The van der Waals surface area contributed by atoms with Crippen LogP contribution in [0.2, 0.25) is 0 Å². The van der Waals surface area contributed by atoms with Gasteiger partial charge in [-0.2, -0.15) is 11.8 Å². The average molecular weight is 277 g/mol. The van der Waals surface area contributed by atoms with Gasteiger partial charge in [0.2, 0.25) is 0 Å². The molecule has 1 aromatic rings. The molecule has 0 amide bonds. The predicted molar refractivity (Wildman–Crippen MR) is 82.3 cm³/mol. The summed E-state index contributed by atoms with van der Waals surface area (Å²) in [5.74, 6) is 4.23. The number of ether oxygens (including phenoxy) is 1. The third kappa shape index (κ3) is 3.67. The first-order valence-electron chi connectivity index (χ1n) is 7.47. The van der Waals surface area contributed by atoms with Crippen molar-refractivity contribution in [3.8, 4) is 5.75 Å². The van der Waals surface area contributed by atoms with Crippen LogP contribution in [0.5, 0.6) is 5.75 Å². The standard InChI is InChI=1S/C16H23NOS/c1-2-16(12-19-11-1)18-15-5-3-13(4-6-15)14-7-9-17-10-8-14/h3-6,14,16-17H,1-2,7-12H2. The summed E-state index contributed by atoms with van der Waals surface area (Å²) in [6.45, 7) is 2.31. The quantitative estimate of drug-likeness (QED) is 0.914. The van der Waals surface area contributed by atoms with Crippen LogP contribution in [0.3, 0.4) is 0 Å². The Morgan fingerprint density at radius 3 is 2.53 bits per heavy atom. The predicted octanol–water partition coefficient (Wildman–Crippen LogP) is 3.43. The van der Waals surface area contributed by atoms with E-state index in [4.69, 9.17) is 4.74 Å². The summed E-state index contributed by atoms with van der Waals surface area (Å²) in [5.41, 5.74) is 1.48. The zero-order valence-corrected chi connectivity index (χ0v) is 12.3. The summed E-state index contributed by atoms with van der Waals surface area (Å²) in [6, 6.07) is 8.86. The molecule has 0 spiro atoms. The molecule has 0 radical (unpaired) electrons. The maximum atomic E-state index is 6.06. The molecular formula is C16H23NOS. The van der Waals surface area contributed by atoms with E-state index in [9.17, 15) is 0 Å². The van der Waals surface area contributed by atoms with Crippen molar-refractivity contribution in [3.05, 3.63) is 29.8 Å². The second-order valence-corrected chi connectivity index (χ2v) is 6.70. The van der Waals surface area contributed by atoms with Crippen molar-refractivity contribution in [3.63, 3.8) is 0 Å². The van der Waals surface area contributed by atoms with Crippen LogP contribution in [0, 0.1) is 0 Å². The van der Waals surface area contributed by atoms with Crippen LogP contribution in [0.25, 0.3) is 0 Å². The van der Waals surface area contributed by atoms with E-state index in [1.165, 1.54) is 37.0 Å². The number of piperidine rings is 1. The Hall–Kier alpha value is -0.670. The first kappa shape index (κ1) is 13.3. The second kappa shape index (κ2) is 6.67. The fourth-order valence-corrected chi connectivity index (χ4v) is 4.01. The van der Waals surface area contributed by atoms with E-state index in [0.29, 0.717) is 6.10 Å². The Morgan fingerprint density at radius 2 is 1.84 bits per heavy atom.